The van der Waals surface area contributed by atoms with Gasteiger partial charge in [0.05, 0.1) is 17.8 Å². The molecule has 0 bridgehead atoms. The van der Waals surface area contributed by atoms with Gasteiger partial charge in [-0.25, -0.2) is 4.98 Å². The van der Waals surface area contributed by atoms with Gasteiger partial charge in [0.15, 0.2) is 0 Å². The molecule has 2 amide bonds. The molecule has 4 aromatic rings. The van der Waals surface area contributed by atoms with Crippen LogP contribution in [-0.2, 0) is 6.54 Å². The van der Waals surface area contributed by atoms with E-state index in [9.17, 15) is 9.59 Å². The van der Waals surface area contributed by atoms with Crippen LogP contribution in [0.3, 0.4) is 0 Å². The number of carbonyl (C=O) groups excluding carboxylic acids is 2. The lowest BCUT2D eigenvalue weighted by Crippen LogP contribution is -2.22. The van der Waals surface area contributed by atoms with Crippen molar-refractivity contribution in [3.05, 3.63) is 88.9 Å². The Morgan fingerprint density at radius 1 is 1.03 bits per heavy atom. The number of hydrogen-bond donors (Lipinski definition) is 2. The van der Waals surface area contributed by atoms with Crippen LogP contribution in [0.4, 0.5) is 11.4 Å². The molecule has 1 aliphatic rings. The zero-order valence-corrected chi connectivity index (χ0v) is 20.3. The lowest BCUT2D eigenvalue weighted by atomic mass is 10.1. The lowest BCUT2D eigenvalue weighted by Gasteiger charge is -2.12. The summed E-state index contributed by atoms with van der Waals surface area (Å²) in [5.74, 6) is -0.371. The van der Waals surface area contributed by atoms with Crippen molar-refractivity contribution in [2.75, 3.05) is 24.3 Å². The minimum absolute atomic E-state index is 0.171. The molecule has 2 heterocycles. The van der Waals surface area contributed by atoms with Gasteiger partial charge in [-0.15, -0.1) is 11.3 Å². The molecule has 0 atom stereocenters. The summed E-state index contributed by atoms with van der Waals surface area (Å²) in [5.41, 5.74) is 3.95. The van der Waals surface area contributed by atoms with E-state index < -0.39 is 0 Å². The van der Waals surface area contributed by atoms with Crippen LogP contribution in [0.25, 0.3) is 10.6 Å². The fourth-order valence-electron chi connectivity index (χ4n) is 3.60. The minimum atomic E-state index is -0.200. The summed E-state index contributed by atoms with van der Waals surface area (Å²) in [6, 6.07) is 21.1. The third-order valence-corrected chi connectivity index (χ3v) is 7.65. The Labute approximate surface area is 206 Å². The largest absolute Gasteiger partial charge is 0.378 e. The van der Waals surface area contributed by atoms with E-state index in [1.54, 1.807) is 35.7 Å². The second-order valence-corrected chi connectivity index (χ2v) is 10.2. The highest BCUT2D eigenvalue weighted by Gasteiger charge is 2.20. The molecule has 1 aromatic heterocycles. The van der Waals surface area contributed by atoms with Gasteiger partial charge in [-0.1, -0.05) is 23.9 Å². The molecule has 0 radical (unpaired) electrons. The van der Waals surface area contributed by atoms with Gasteiger partial charge in [0.1, 0.15) is 5.01 Å². The van der Waals surface area contributed by atoms with Crippen LogP contribution in [0.15, 0.2) is 82.7 Å². The highest BCUT2D eigenvalue weighted by molar-refractivity contribution is 7.99. The highest BCUT2D eigenvalue weighted by Crippen LogP contribution is 2.39. The first-order chi connectivity index (χ1) is 16.5. The average molecular weight is 487 g/mol. The van der Waals surface area contributed by atoms with Crippen molar-refractivity contribution in [3.63, 3.8) is 0 Å². The molecule has 8 heteroatoms. The first kappa shape index (κ1) is 22.2. The van der Waals surface area contributed by atoms with E-state index in [4.69, 9.17) is 0 Å². The highest BCUT2D eigenvalue weighted by atomic mass is 32.2. The van der Waals surface area contributed by atoms with Crippen LogP contribution in [-0.4, -0.2) is 30.9 Å². The SMILES string of the molecule is CN(C)c1ccc(-c2ncc(CNC(=O)c3ccc4c(c3)NC(=O)c3ccccc3S4)s2)cc1. The summed E-state index contributed by atoms with van der Waals surface area (Å²) in [4.78, 5) is 34.7. The third-order valence-electron chi connectivity index (χ3n) is 5.45. The average Bonchev–Trinajstić information content (AvgIpc) is 3.27. The van der Waals surface area contributed by atoms with Crippen LogP contribution in [0.5, 0.6) is 0 Å². The number of benzene rings is 3. The van der Waals surface area contributed by atoms with E-state index in [1.165, 1.54) is 11.8 Å². The van der Waals surface area contributed by atoms with Gasteiger partial charge in [0.2, 0.25) is 0 Å². The molecule has 0 saturated carbocycles. The summed E-state index contributed by atoms with van der Waals surface area (Å²) in [6.45, 7) is 0.385. The van der Waals surface area contributed by atoms with Crippen molar-refractivity contribution in [3.8, 4) is 10.6 Å². The van der Waals surface area contributed by atoms with E-state index in [2.05, 4.69) is 44.8 Å². The number of amides is 2. The second-order valence-electron chi connectivity index (χ2n) is 8.02. The molecule has 0 spiro atoms. The number of nitrogens with one attached hydrogen (secondary N) is 2. The van der Waals surface area contributed by atoms with Gasteiger partial charge < -0.3 is 15.5 Å². The number of hydrogen-bond acceptors (Lipinski definition) is 6. The van der Waals surface area contributed by atoms with Crippen molar-refractivity contribution < 1.29 is 9.59 Å². The summed E-state index contributed by atoms with van der Waals surface area (Å²) < 4.78 is 0. The number of fused-ring (bicyclic) bond motifs is 2. The van der Waals surface area contributed by atoms with E-state index in [1.807, 2.05) is 38.4 Å². The van der Waals surface area contributed by atoms with E-state index in [-0.39, 0.29) is 11.8 Å². The van der Waals surface area contributed by atoms with E-state index >= 15 is 0 Å². The molecule has 0 saturated heterocycles. The molecule has 3 aromatic carbocycles. The van der Waals surface area contributed by atoms with Gasteiger partial charge in [-0.3, -0.25) is 9.59 Å². The zero-order chi connectivity index (χ0) is 23.7. The second kappa shape index (κ2) is 9.32. The number of nitrogens with zero attached hydrogens (tertiary/aromatic N) is 2. The topological polar surface area (TPSA) is 74.3 Å². The third kappa shape index (κ3) is 4.55. The van der Waals surface area contributed by atoms with Crippen molar-refractivity contribution in [2.24, 2.45) is 0 Å². The maximum Gasteiger partial charge on any atom is 0.256 e. The van der Waals surface area contributed by atoms with Gasteiger partial charge >= 0.3 is 0 Å². The predicted molar refractivity (Wildman–Crippen MR) is 138 cm³/mol. The number of carbonyl (C=O) groups is 2. The number of rotatable bonds is 5. The van der Waals surface area contributed by atoms with Gasteiger partial charge in [-0.2, -0.15) is 0 Å². The van der Waals surface area contributed by atoms with Gasteiger partial charge in [0.25, 0.3) is 11.8 Å². The van der Waals surface area contributed by atoms with Crippen molar-refractivity contribution in [1.82, 2.24) is 10.3 Å². The number of anilines is 2. The van der Waals surface area contributed by atoms with Crippen LogP contribution < -0.4 is 15.5 Å². The number of aromatic nitrogens is 1. The van der Waals surface area contributed by atoms with Crippen molar-refractivity contribution >= 4 is 46.3 Å². The molecule has 1 aliphatic heterocycles. The molecule has 0 aliphatic carbocycles. The smallest absolute Gasteiger partial charge is 0.256 e. The summed E-state index contributed by atoms with van der Waals surface area (Å²) >= 11 is 3.07. The Balaban J connectivity index is 1.26. The quantitative estimate of drug-likeness (QED) is 0.388. The molecule has 34 heavy (non-hydrogen) atoms. The lowest BCUT2D eigenvalue weighted by molar-refractivity contribution is 0.0949. The van der Waals surface area contributed by atoms with Crippen LogP contribution in [0, 0.1) is 0 Å². The molecule has 0 unspecified atom stereocenters. The predicted octanol–water partition coefficient (Wildman–Crippen LogP) is 5.52. The molecule has 170 valence electrons. The molecule has 2 N–H and O–H groups in total. The fourth-order valence-corrected chi connectivity index (χ4v) is 5.47. The summed E-state index contributed by atoms with van der Waals surface area (Å²) in [6.07, 6.45) is 1.80. The van der Waals surface area contributed by atoms with Crippen LogP contribution in [0.2, 0.25) is 0 Å². The number of thiazole rings is 1. The fraction of sp³-hybridized carbons (Fsp3) is 0.115. The monoisotopic (exact) mass is 486 g/mol. The Hall–Kier alpha value is -3.62. The van der Waals surface area contributed by atoms with Crippen LogP contribution >= 0.6 is 23.1 Å². The molecule has 5 rings (SSSR count). The Morgan fingerprint density at radius 2 is 1.82 bits per heavy atom. The van der Waals surface area contributed by atoms with Crippen LogP contribution in [0.1, 0.15) is 25.6 Å². The van der Waals surface area contributed by atoms with E-state index in [0.717, 1.165) is 30.9 Å². The van der Waals surface area contributed by atoms with Crippen molar-refractivity contribution in [1.29, 1.82) is 0 Å². The minimum Gasteiger partial charge on any atom is -0.378 e. The normalized spacial score (nSPS) is 12.2. The summed E-state index contributed by atoms with van der Waals surface area (Å²) in [7, 11) is 4.02. The Bertz CT molecular complexity index is 1380. The molecule has 6 nitrogen and oxygen atoms in total. The first-order valence-electron chi connectivity index (χ1n) is 10.7. The molecular weight excluding hydrogens is 464 g/mol. The first-order valence-corrected chi connectivity index (χ1v) is 12.3. The zero-order valence-electron chi connectivity index (χ0n) is 18.7. The molecule has 0 fully saturated rings. The van der Waals surface area contributed by atoms with E-state index in [0.29, 0.717) is 23.4 Å². The summed E-state index contributed by atoms with van der Waals surface area (Å²) in [5, 5.41) is 6.81. The van der Waals surface area contributed by atoms with Crippen molar-refractivity contribution in [2.45, 2.75) is 16.3 Å². The Morgan fingerprint density at radius 3 is 2.62 bits per heavy atom. The molecular formula is C26H22N4O2S2. The van der Waals surface area contributed by atoms with Gasteiger partial charge in [0, 0.05) is 51.8 Å². The maximum atomic E-state index is 12.8. The van der Waals surface area contributed by atoms with Gasteiger partial charge in [-0.05, 0) is 54.6 Å². The standard InChI is InChI=1S/C26H22N4O2S2/c1-30(2)18-10-7-16(8-11-18)26-28-15-19(33-26)14-27-24(31)17-9-12-23-21(13-17)29-25(32)20-5-3-4-6-22(20)34-23/h3-13,15H,14H2,1-2H3,(H,27,31)(H,29,32). The Kier molecular flexibility index (Phi) is 6.08. The maximum absolute atomic E-state index is 12.8.